The van der Waals surface area contributed by atoms with Crippen LogP contribution in [-0.2, 0) is 0 Å². The van der Waals surface area contributed by atoms with Crippen molar-refractivity contribution in [2.24, 2.45) is 0 Å². The molecule has 0 aromatic heterocycles. The van der Waals surface area contributed by atoms with Crippen LogP contribution in [0.25, 0.3) is 0 Å². The Bertz CT molecular complexity index is 389. The Hall–Kier alpha value is -1.03. The summed E-state index contributed by atoms with van der Waals surface area (Å²) in [6.07, 6.45) is 1.74. The summed E-state index contributed by atoms with van der Waals surface area (Å²) in [5.41, 5.74) is 0.111. The van der Waals surface area contributed by atoms with Gasteiger partial charge in [-0.3, -0.25) is 4.79 Å². The molecule has 0 aliphatic carbocycles. The van der Waals surface area contributed by atoms with Gasteiger partial charge in [-0.15, -0.1) is 12.6 Å². The number of rotatable bonds is 5. The Labute approximate surface area is 107 Å². The van der Waals surface area contributed by atoms with E-state index < -0.39 is 5.82 Å². The van der Waals surface area contributed by atoms with Gasteiger partial charge in [0.05, 0.1) is 5.56 Å². The average molecular weight is 255 g/mol. The summed E-state index contributed by atoms with van der Waals surface area (Å²) in [7, 11) is 0. The Kier molecular flexibility index (Phi) is 5.48. The lowest BCUT2D eigenvalue weighted by Crippen LogP contribution is -2.33. The molecular formula is C13H18FNOS. The highest BCUT2D eigenvalue weighted by molar-refractivity contribution is 7.80. The van der Waals surface area contributed by atoms with Crippen molar-refractivity contribution in [2.45, 2.75) is 31.6 Å². The fourth-order valence-electron chi connectivity index (χ4n) is 1.70. The minimum Gasteiger partial charge on any atom is -0.339 e. The van der Waals surface area contributed by atoms with Gasteiger partial charge in [0.25, 0.3) is 5.91 Å². The third kappa shape index (κ3) is 3.73. The zero-order chi connectivity index (χ0) is 12.8. The van der Waals surface area contributed by atoms with Crippen molar-refractivity contribution in [3.8, 4) is 0 Å². The molecule has 0 heterocycles. The van der Waals surface area contributed by atoms with Gasteiger partial charge in [0.2, 0.25) is 0 Å². The van der Waals surface area contributed by atoms with Crippen molar-refractivity contribution in [3.05, 3.63) is 29.6 Å². The summed E-state index contributed by atoms with van der Waals surface area (Å²) >= 11 is 4.13. The van der Waals surface area contributed by atoms with Crippen LogP contribution in [0, 0.1) is 5.82 Å². The number of hydrogen-bond acceptors (Lipinski definition) is 2. The Morgan fingerprint density at radius 2 is 1.88 bits per heavy atom. The van der Waals surface area contributed by atoms with Gasteiger partial charge in [0.1, 0.15) is 5.82 Å². The molecule has 0 unspecified atom stereocenters. The highest BCUT2D eigenvalue weighted by Gasteiger charge is 2.18. The van der Waals surface area contributed by atoms with Crippen LogP contribution in [0.15, 0.2) is 23.1 Å². The van der Waals surface area contributed by atoms with Crippen LogP contribution in [0.5, 0.6) is 0 Å². The van der Waals surface area contributed by atoms with Crippen LogP contribution < -0.4 is 0 Å². The first-order valence-electron chi connectivity index (χ1n) is 5.88. The van der Waals surface area contributed by atoms with E-state index in [2.05, 4.69) is 12.6 Å². The monoisotopic (exact) mass is 255 g/mol. The van der Waals surface area contributed by atoms with Crippen LogP contribution in [0.1, 0.15) is 37.0 Å². The van der Waals surface area contributed by atoms with Crippen LogP contribution in [-0.4, -0.2) is 23.9 Å². The lowest BCUT2D eigenvalue weighted by molar-refractivity contribution is 0.0750. The van der Waals surface area contributed by atoms with Crippen LogP contribution >= 0.6 is 12.6 Å². The van der Waals surface area contributed by atoms with Crippen LogP contribution in [0.4, 0.5) is 4.39 Å². The van der Waals surface area contributed by atoms with E-state index in [1.54, 1.807) is 11.0 Å². The minimum absolute atomic E-state index is 0.111. The maximum atomic E-state index is 13.6. The maximum absolute atomic E-state index is 13.6. The van der Waals surface area contributed by atoms with Crippen molar-refractivity contribution < 1.29 is 9.18 Å². The van der Waals surface area contributed by atoms with Crippen LogP contribution in [0.3, 0.4) is 0 Å². The van der Waals surface area contributed by atoms with Crippen molar-refractivity contribution in [1.82, 2.24) is 4.90 Å². The van der Waals surface area contributed by atoms with Crippen molar-refractivity contribution in [1.29, 1.82) is 0 Å². The van der Waals surface area contributed by atoms with E-state index in [1.807, 2.05) is 13.8 Å². The highest BCUT2D eigenvalue weighted by Crippen LogP contribution is 2.16. The summed E-state index contributed by atoms with van der Waals surface area (Å²) in [6, 6.07) is 4.31. The highest BCUT2D eigenvalue weighted by atomic mass is 32.1. The SMILES string of the molecule is CCCN(CCC)C(=O)c1cc(S)ccc1F. The predicted octanol–water partition coefficient (Wildman–Crippen LogP) is 3.38. The fourth-order valence-corrected chi connectivity index (χ4v) is 1.91. The predicted molar refractivity (Wildman–Crippen MR) is 70.1 cm³/mol. The number of hydrogen-bond donors (Lipinski definition) is 1. The summed E-state index contributed by atoms with van der Waals surface area (Å²) in [6.45, 7) is 5.31. The first-order valence-corrected chi connectivity index (χ1v) is 6.32. The molecule has 0 atom stereocenters. The van der Waals surface area contributed by atoms with E-state index >= 15 is 0 Å². The van der Waals surface area contributed by atoms with E-state index in [4.69, 9.17) is 0 Å². The van der Waals surface area contributed by atoms with Gasteiger partial charge < -0.3 is 4.90 Å². The topological polar surface area (TPSA) is 20.3 Å². The van der Waals surface area contributed by atoms with E-state index in [1.165, 1.54) is 12.1 Å². The number of thiol groups is 1. The van der Waals surface area contributed by atoms with Gasteiger partial charge >= 0.3 is 0 Å². The molecule has 1 amide bonds. The molecule has 0 radical (unpaired) electrons. The molecule has 0 saturated carbocycles. The third-order valence-electron chi connectivity index (χ3n) is 2.45. The largest absolute Gasteiger partial charge is 0.339 e. The third-order valence-corrected chi connectivity index (χ3v) is 2.73. The zero-order valence-corrected chi connectivity index (χ0v) is 11.1. The second kappa shape index (κ2) is 6.64. The summed E-state index contributed by atoms with van der Waals surface area (Å²) in [5.74, 6) is -0.730. The average Bonchev–Trinajstić information content (AvgIpc) is 2.31. The molecule has 1 aromatic rings. The fraction of sp³-hybridized carbons (Fsp3) is 0.462. The molecule has 1 aromatic carbocycles. The quantitative estimate of drug-likeness (QED) is 0.800. The van der Waals surface area contributed by atoms with Crippen molar-refractivity contribution in [3.63, 3.8) is 0 Å². The van der Waals surface area contributed by atoms with Gasteiger partial charge in [-0.2, -0.15) is 0 Å². The van der Waals surface area contributed by atoms with E-state index in [0.29, 0.717) is 18.0 Å². The number of amides is 1. The molecule has 0 N–H and O–H groups in total. The van der Waals surface area contributed by atoms with Gasteiger partial charge in [0.15, 0.2) is 0 Å². The molecule has 2 nitrogen and oxygen atoms in total. The van der Waals surface area contributed by atoms with Gasteiger partial charge in [-0.25, -0.2) is 4.39 Å². The van der Waals surface area contributed by atoms with Gasteiger partial charge in [-0.1, -0.05) is 13.8 Å². The molecule has 0 aliphatic heterocycles. The Balaban J connectivity index is 2.95. The van der Waals surface area contributed by atoms with Crippen LogP contribution in [0.2, 0.25) is 0 Å². The minimum atomic E-state index is -0.481. The molecule has 0 bridgehead atoms. The number of nitrogens with zero attached hydrogens (tertiary/aromatic N) is 1. The van der Waals surface area contributed by atoms with Gasteiger partial charge in [-0.05, 0) is 31.0 Å². The van der Waals surface area contributed by atoms with Gasteiger partial charge in [0, 0.05) is 18.0 Å². The first kappa shape index (κ1) is 14.0. The van der Waals surface area contributed by atoms with Crippen molar-refractivity contribution >= 4 is 18.5 Å². The lowest BCUT2D eigenvalue weighted by atomic mass is 10.1. The Morgan fingerprint density at radius 1 is 1.29 bits per heavy atom. The van der Waals surface area contributed by atoms with Crippen molar-refractivity contribution in [2.75, 3.05) is 13.1 Å². The standard InChI is InChI=1S/C13H18FNOS/c1-3-7-15(8-4-2)13(16)11-9-10(17)5-6-12(11)14/h5-6,9,17H,3-4,7-8H2,1-2H3. The number of halogens is 1. The number of carbonyl (C=O) groups excluding carboxylic acids is 1. The summed E-state index contributed by atoms with van der Waals surface area (Å²) < 4.78 is 13.6. The first-order chi connectivity index (χ1) is 8.10. The maximum Gasteiger partial charge on any atom is 0.256 e. The normalized spacial score (nSPS) is 10.4. The van der Waals surface area contributed by atoms with E-state index in [-0.39, 0.29) is 11.5 Å². The summed E-state index contributed by atoms with van der Waals surface area (Å²) in [4.78, 5) is 14.4. The molecule has 4 heteroatoms. The number of benzene rings is 1. The van der Waals surface area contributed by atoms with E-state index in [0.717, 1.165) is 12.8 Å². The number of carbonyl (C=O) groups is 1. The lowest BCUT2D eigenvalue weighted by Gasteiger charge is -2.21. The Morgan fingerprint density at radius 3 is 2.41 bits per heavy atom. The molecule has 0 fully saturated rings. The summed E-state index contributed by atoms with van der Waals surface area (Å²) in [5, 5.41) is 0. The molecular weight excluding hydrogens is 237 g/mol. The zero-order valence-electron chi connectivity index (χ0n) is 10.2. The molecule has 1 rings (SSSR count). The smallest absolute Gasteiger partial charge is 0.256 e. The molecule has 0 saturated heterocycles. The molecule has 17 heavy (non-hydrogen) atoms. The molecule has 94 valence electrons. The van der Waals surface area contributed by atoms with E-state index in [9.17, 15) is 9.18 Å². The second-order valence-corrected chi connectivity index (χ2v) is 4.47. The second-order valence-electron chi connectivity index (χ2n) is 3.96. The molecule has 0 aliphatic rings. The molecule has 0 spiro atoms.